The molecule has 3 N–H and O–H groups in total. The number of rotatable bonds is 6. The Hall–Kier alpha value is -1.79. The minimum Gasteiger partial charge on any atom is -0.454 e. The molecule has 1 aromatic carbocycles. The number of anilines is 1. The maximum Gasteiger partial charge on any atom is 0.238 e. The van der Waals surface area contributed by atoms with Crippen LogP contribution in [0.15, 0.2) is 18.2 Å². The van der Waals surface area contributed by atoms with Gasteiger partial charge in [-0.05, 0) is 25.1 Å². The Morgan fingerprint density at radius 3 is 3.00 bits per heavy atom. The molecule has 0 saturated carbocycles. The average molecular weight is 252 g/mol. The van der Waals surface area contributed by atoms with Crippen molar-refractivity contribution >= 4 is 11.6 Å². The van der Waals surface area contributed by atoms with Crippen LogP contribution in [0.5, 0.6) is 11.5 Å². The predicted octanol–water partition coefficient (Wildman–Crippen LogP) is 0.326. The molecule has 0 spiro atoms. The second kappa shape index (κ2) is 6.23. The van der Waals surface area contributed by atoms with Gasteiger partial charge in [0.15, 0.2) is 11.5 Å². The highest BCUT2D eigenvalue weighted by molar-refractivity contribution is 5.92. The van der Waals surface area contributed by atoms with Crippen molar-refractivity contribution in [2.75, 3.05) is 31.8 Å². The third kappa shape index (κ3) is 3.35. The fourth-order valence-electron chi connectivity index (χ4n) is 1.59. The number of aliphatic hydroxyl groups excluding tert-OH is 1. The van der Waals surface area contributed by atoms with Gasteiger partial charge in [0.25, 0.3) is 0 Å². The van der Waals surface area contributed by atoms with Gasteiger partial charge in [-0.1, -0.05) is 0 Å². The Morgan fingerprint density at radius 1 is 1.33 bits per heavy atom. The molecule has 6 heteroatoms. The van der Waals surface area contributed by atoms with Crippen LogP contribution in [0.25, 0.3) is 0 Å². The van der Waals surface area contributed by atoms with Gasteiger partial charge in [-0.15, -0.1) is 0 Å². The molecule has 2 rings (SSSR count). The lowest BCUT2D eigenvalue weighted by molar-refractivity contribution is -0.115. The molecular weight excluding hydrogens is 236 g/mol. The van der Waals surface area contributed by atoms with Crippen LogP contribution in [0.1, 0.15) is 6.42 Å². The largest absolute Gasteiger partial charge is 0.454 e. The first kappa shape index (κ1) is 12.7. The van der Waals surface area contributed by atoms with E-state index >= 15 is 0 Å². The Balaban J connectivity index is 1.80. The summed E-state index contributed by atoms with van der Waals surface area (Å²) in [5, 5.41) is 14.3. The standard InChI is InChI=1S/C12H16N2O4/c15-5-1-4-13-7-12(16)14-9-2-3-10-11(6-9)18-8-17-10/h2-3,6,13,15H,1,4-5,7-8H2,(H,14,16). The van der Waals surface area contributed by atoms with Gasteiger partial charge in [-0.3, -0.25) is 4.79 Å². The molecule has 0 unspecified atom stereocenters. The average Bonchev–Trinajstić information content (AvgIpc) is 2.82. The zero-order chi connectivity index (χ0) is 12.8. The van der Waals surface area contributed by atoms with Crippen molar-refractivity contribution in [1.82, 2.24) is 5.32 Å². The lowest BCUT2D eigenvalue weighted by Gasteiger charge is -2.07. The van der Waals surface area contributed by atoms with E-state index in [1.54, 1.807) is 18.2 Å². The Morgan fingerprint density at radius 2 is 2.17 bits per heavy atom. The second-order valence-corrected chi connectivity index (χ2v) is 3.87. The minimum absolute atomic E-state index is 0.122. The molecule has 98 valence electrons. The molecule has 1 heterocycles. The summed E-state index contributed by atoms with van der Waals surface area (Å²) >= 11 is 0. The normalized spacial score (nSPS) is 12.5. The molecule has 0 radical (unpaired) electrons. The van der Waals surface area contributed by atoms with Crippen LogP contribution < -0.4 is 20.1 Å². The number of carbonyl (C=O) groups excluding carboxylic acids is 1. The molecule has 1 amide bonds. The van der Waals surface area contributed by atoms with Gasteiger partial charge < -0.3 is 25.2 Å². The van der Waals surface area contributed by atoms with Crippen LogP contribution in [-0.4, -0.2) is 37.5 Å². The lowest BCUT2D eigenvalue weighted by atomic mass is 10.3. The van der Waals surface area contributed by atoms with Gasteiger partial charge in [-0.2, -0.15) is 0 Å². The molecule has 0 bridgehead atoms. The summed E-state index contributed by atoms with van der Waals surface area (Å²) in [4.78, 5) is 11.6. The lowest BCUT2D eigenvalue weighted by Crippen LogP contribution is -2.29. The summed E-state index contributed by atoms with van der Waals surface area (Å²) < 4.78 is 10.4. The zero-order valence-corrected chi connectivity index (χ0v) is 9.94. The van der Waals surface area contributed by atoms with E-state index in [-0.39, 0.29) is 25.9 Å². The van der Waals surface area contributed by atoms with Gasteiger partial charge in [0.2, 0.25) is 12.7 Å². The highest BCUT2D eigenvalue weighted by Crippen LogP contribution is 2.34. The van der Waals surface area contributed by atoms with E-state index in [0.717, 1.165) is 0 Å². The molecule has 1 aromatic rings. The summed E-state index contributed by atoms with van der Waals surface area (Å²) in [6.07, 6.45) is 0.636. The monoisotopic (exact) mass is 252 g/mol. The molecule has 18 heavy (non-hydrogen) atoms. The van der Waals surface area contributed by atoms with E-state index in [0.29, 0.717) is 30.2 Å². The predicted molar refractivity (Wildman–Crippen MR) is 65.8 cm³/mol. The fraction of sp³-hybridized carbons (Fsp3) is 0.417. The molecule has 1 aliphatic heterocycles. The summed E-state index contributed by atoms with van der Waals surface area (Å²) in [6.45, 7) is 1.17. The van der Waals surface area contributed by atoms with Crippen LogP contribution in [0.4, 0.5) is 5.69 Å². The summed E-state index contributed by atoms with van der Waals surface area (Å²) in [5.41, 5.74) is 0.674. The highest BCUT2D eigenvalue weighted by Gasteiger charge is 2.13. The molecule has 1 aliphatic rings. The number of aliphatic hydroxyl groups is 1. The number of hydrogen-bond acceptors (Lipinski definition) is 5. The molecule has 6 nitrogen and oxygen atoms in total. The van der Waals surface area contributed by atoms with Gasteiger partial charge in [-0.25, -0.2) is 0 Å². The topological polar surface area (TPSA) is 79.8 Å². The Labute approximate surface area is 105 Å². The first-order valence-corrected chi connectivity index (χ1v) is 5.80. The molecule has 0 atom stereocenters. The van der Waals surface area contributed by atoms with E-state index in [9.17, 15) is 4.79 Å². The van der Waals surface area contributed by atoms with Crippen LogP contribution in [0.3, 0.4) is 0 Å². The quantitative estimate of drug-likeness (QED) is 0.636. The number of benzene rings is 1. The molecule has 0 saturated heterocycles. The number of hydrogen-bond donors (Lipinski definition) is 3. The molecule has 0 aromatic heterocycles. The van der Waals surface area contributed by atoms with Crippen molar-refractivity contribution in [3.63, 3.8) is 0 Å². The first-order chi connectivity index (χ1) is 8.79. The van der Waals surface area contributed by atoms with E-state index in [4.69, 9.17) is 14.6 Å². The van der Waals surface area contributed by atoms with Crippen LogP contribution in [-0.2, 0) is 4.79 Å². The van der Waals surface area contributed by atoms with Gasteiger partial charge in [0.05, 0.1) is 6.54 Å². The Kier molecular flexibility index (Phi) is 4.38. The van der Waals surface area contributed by atoms with Crippen LogP contribution in [0.2, 0.25) is 0 Å². The van der Waals surface area contributed by atoms with E-state index < -0.39 is 0 Å². The van der Waals surface area contributed by atoms with Crippen molar-refractivity contribution in [2.24, 2.45) is 0 Å². The first-order valence-electron chi connectivity index (χ1n) is 5.80. The summed E-state index contributed by atoms with van der Waals surface area (Å²) in [7, 11) is 0. The number of carbonyl (C=O) groups is 1. The zero-order valence-electron chi connectivity index (χ0n) is 9.94. The maximum absolute atomic E-state index is 11.6. The van der Waals surface area contributed by atoms with E-state index in [1.807, 2.05) is 0 Å². The summed E-state index contributed by atoms with van der Waals surface area (Å²) in [6, 6.07) is 5.25. The van der Waals surface area contributed by atoms with E-state index in [2.05, 4.69) is 10.6 Å². The summed E-state index contributed by atoms with van der Waals surface area (Å²) in [5.74, 6) is 1.20. The van der Waals surface area contributed by atoms with Gasteiger partial charge in [0, 0.05) is 18.4 Å². The maximum atomic E-state index is 11.6. The van der Waals surface area contributed by atoms with Crippen molar-refractivity contribution in [1.29, 1.82) is 0 Å². The van der Waals surface area contributed by atoms with Crippen molar-refractivity contribution in [3.8, 4) is 11.5 Å². The minimum atomic E-state index is -0.133. The number of nitrogens with one attached hydrogen (secondary N) is 2. The van der Waals surface area contributed by atoms with Crippen molar-refractivity contribution in [3.05, 3.63) is 18.2 Å². The SMILES string of the molecule is O=C(CNCCCO)Nc1ccc2c(c1)OCO2. The third-order valence-corrected chi connectivity index (χ3v) is 2.45. The van der Waals surface area contributed by atoms with Gasteiger partial charge >= 0.3 is 0 Å². The number of fused-ring (bicyclic) bond motifs is 1. The van der Waals surface area contributed by atoms with Crippen molar-refractivity contribution in [2.45, 2.75) is 6.42 Å². The van der Waals surface area contributed by atoms with Crippen LogP contribution >= 0.6 is 0 Å². The fourth-order valence-corrected chi connectivity index (χ4v) is 1.59. The van der Waals surface area contributed by atoms with Crippen LogP contribution in [0, 0.1) is 0 Å². The Bertz CT molecular complexity index is 423. The highest BCUT2D eigenvalue weighted by atomic mass is 16.7. The second-order valence-electron chi connectivity index (χ2n) is 3.87. The third-order valence-electron chi connectivity index (χ3n) is 2.45. The van der Waals surface area contributed by atoms with E-state index in [1.165, 1.54) is 0 Å². The molecule has 0 aliphatic carbocycles. The number of ether oxygens (including phenoxy) is 2. The molecular formula is C12H16N2O4. The number of amides is 1. The molecule has 0 fully saturated rings. The smallest absolute Gasteiger partial charge is 0.238 e. The van der Waals surface area contributed by atoms with Gasteiger partial charge in [0.1, 0.15) is 0 Å². The van der Waals surface area contributed by atoms with Crippen molar-refractivity contribution < 1.29 is 19.4 Å².